The molecule has 0 nitrogen and oxygen atoms in total. The first-order valence-corrected chi connectivity index (χ1v) is 9.86. The van der Waals surface area contributed by atoms with Gasteiger partial charge in [0.25, 0.3) is 0 Å². The third-order valence-corrected chi connectivity index (χ3v) is 4.35. The van der Waals surface area contributed by atoms with Crippen molar-refractivity contribution < 1.29 is 0 Å². The van der Waals surface area contributed by atoms with Crippen molar-refractivity contribution in [2.45, 2.75) is 27.2 Å². The van der Waals surface area contributed by atoms with Gasteiger partial charge in [0.2, 0.25) is 0 Å². The van der Waals surface area contributed by atoms with Gasteiger partial charge < -0.3 is 0 Å². The van der Waals surface area contributed by atoms with E-state index in [2.05, 4.69) is 93.6 Å². The van der Waals surface area contributed by atoms with E-state index in [1.54, 1.807) is 0 Å². The summed E-state index contributed by atoms with van der Waals surface area (Å²) in [5.41, 5.74) is 6.62. The summed E-state index contributed by atoms with van der Waals surface area (Å²) in [4.78, 5) is 0. The van der Waals surface area contributed by atoms with Gasteiger partial charge in [0.1, 0.15) is 0 Å². The monoisotopic (exact) mass is 366 g/mol. The lowest BCUT2D eigenvalue weighted by atomic mass is 10.0. The lowest BCUT2D eigenvalue weighted by molar-refractivity contribution is 1.14. The molecular formula is C28H30. The molecule has 0 saturated carbocycles. The van der Waals surface area contributed by atoms with Crippen molar-refractivity contribution in [1.82, 2.24) is 0 Å². The average molecular weight is 367 g/mol. The highest BCUT2D eigenvalue weighted by Crippen LogP contribution is 2.19. The van der Waals surface area contributed by atoms with Gasteiger partial charge in [-0.2, -0.15) is 0 Å². The molecule has 0 spiro atoms. The van der Waals surface area contributed by atoms with Crippen molar-refractivity contribution in [2.75, 3.05) is 0 Å². The summed E-state index contributed by atoms with van der Waals surface area (Å²) < 4.78 is 0. The van der Waals surface area contributed by atoms with Crippen molar-refractivity contribution in [2.24, 2.45) is 0 Å². The third kappa shape index (κ3) is 8.05. The maximum atomic E-state index is 2.20. The Labute approximate surface area is 170 Å². The average Bonchev–Trinajstić information content (AvgIpc) is 2.76. The van der Waals surface area contributed by atoms with Crippen molar-refractivity contribution in [3.8, 4) is 11.1 Å². The standard InChI is InChI=1S/C14H14.2C7H8/c1-2-12-8-10-14(11-9-12)13-6-4-3-5-7-13;2*1-7-5-3-2-4-6-7/h3-11H,2H2,1H3;2*2-6H,1H3. The fourth-order valence-electron chi connectivity index (χ4n) is 2.63. The van der Waals surface area contributed by atoms with Crippen LogP contribution in [-0.4, -0.2) is 0 Å². The molecule has 0 heterocycles. The van der Waals surface area contributed by atoms with E-state index in [-0.39, 0.29) is 0 Å². The molecule has 4 rings (SSSR count). The maximum absolute atomic E-state index is 2.20. The van der Waals surface area contributed by atoms with Crippen molar-refractivity contribution in [3.05, 3.63) is 132 Å². The lowest BCUT2D eigenvalue weighted by Crippen LogP contribution is -1.80. The summed E-state index contributed by atoms with van der Waals surface area (Å²) in [5.74, 6) is 0. The second-order valence-corrected chi connectivity index (χ2v) is 6.73. The number of hydrogen-bond donors (Lipinski definition) is 0. The molecule has 0 radical (unpaired) electrons. The summed E-state index contributed by atoms with van der Waals surface area (Å²) in [5, 5.41) is 0. The second-order valence-electron chi connectivity index (χ2n) is 6.73. The highest BCUT2D eigenvalue weighted by molar-refractivity contribution is 5.63. The minimum Gasteiger partial charge on any atom is -0.0622 e. The summed E-state index contributed by atoms with van der Waals surface area (Å²) >= 11 is 0. The molecule has 0 unspecified atom stereocenters. The van der Waals surface area contributed by atoms with Crippen LogP contribution in [0.3, 0.4) is 0 Å². The largest absolute Gasteiger partial charge is 0.0622 e. The molecule has 0 aromatic heterocycles. The zero-order chi connectivity index (χ0) is 20.0. The van der Waals surface area contributed by atoms with Crippen molar-refractivity contribution in [3.63, 3.8) is 0 Å². The predicted molar refractivity (Wildman–Crippen MR) is 124 cm³/mol. The highest BCUT2D eigenvalue weighted by atomic mass is 14.0. The number of rotatable bonds is 2. The molecule has 0 saturated heterocycles. The molecule has 28 heavy (non-hydrogen) atoms. The summed E-state index contributed by atoms with van der Waals surface area (Å²) in [6.07, 6.45) is 1.11. The molecule has 0 N–H and O–H groups in total. The molecule has 4 aromatic carbocycles. The quantitative estimate of drug-likeness (QED) is 0.338. The van der Waals surface area contributed by atoms with Gasteiger partial charge in [-0.25, -0.2) is 0 Å². The summed E-state index contributed by atoms with van der Waals surface area (Å²) in [6.45, 7) is 6.34. The molecule has 0 aliphatic rings. The van der Waals surface area contributed by atoms with Crippen molar-refractivity contribution in [1.29, 1.82) is 0 Å². The van der Waals surface area contributed by atoms with Crippen LogP contribution in [-0.2, 0) is 6.42 Å². The van der Waals surface area contributed by atoms with E-state index in [1.807, 2.05) is 42.5 Å². The Morgan fingerprint density at radius 1 is 0.429 bits per heavy atom. The first-order valence-electron chi connectivity index (χ1n) is 9.86. The van der Waals surface area contributed by atoms with Crippen LogP contribution >= 0.6 is 0 Å². The van der Waals surface area contributed by atoms with Crippen LogP contribution in [0.25, 0.3) is 11.1 Å². The maximum Gasteiger partial charge on any atom is -0.0184 e. The Bertz CT molecular complexity index is 839. The molecule has 0 bridgehead atoms. The van der Waals surface area contributed by atoms with Gasteiger partial charge in [-0.3, -0.25) is 0 Å². The Kier molecular flexibility index (Phi) is 9.31. The Hall–Kier alpha value is -3.12. The van der Waals surface area contributed by atoms with Gasteiger partial charge in [-0.15, -0.1) is 0 Å². The van der Waals surface area contributed by atoms with Gasteiger partial charge in [-0.1, -0.05) is 133 Å². The van der Waals surface area contributed by atoms with Crippen LogP contribution in [0.15, 0.2) is 115 Å². The highest BCUT2D eigenvalue weighted by Gasteiger charge is 1.95. The van der Waals surface area contributed by atoms with E-state index in [9.17, 15) is 0 Å². The number of aryl methyl sites for hydroxylation is 3. The molecule has 0 aliphatic heterocycles. The Morgan fingerprint density at radius 3 is 1.11 bits per heavy atom. The van der Waals surface area contributed by atoms with E-state index in [1.165, 1.54) is 27.8 Å². The summed E-state index contributed by atoms with van der Waals surface area (Å²) in [7, 11) is 0. The fraction of sp³-hybridized carbons (Fsp3) is 0.143. The van der Waals surface area contributed by atoms with Crippen LogP contribution in [0.1, 0.15) is 23.6 Å². The third-order valence-electron chi connectivity index (χ3n) is 4.35. The van der Waals surface area contributed by atoms with Crippen LogP contribution in [0.2, 0.25) is 0 Å². The minimum absolute atomic E-state index is 1.11. The van der Waals surface area contributed by atoms with Crippen LogP contribution in [0, 0.1) is 13.8 Å². The van der Waals surface area contributed by atoms with Gasteiger partial charge >= 0.3 is 0 Å². The van der Waals surface area contributed by atoms with E-state index in [4.69, 9.17) is 0 Å². The van der Waals surface area contributed by atoms with Gasteiger partial charge in [0.05, 0.1) is 0 Å². The smallest absolute Gasteiger partial charge is 0.0184 e. The SMILES string of the molecule is CCc1ccc(-c2ccccc2)cc1.Cc1ccccc1.Cc1ccccc1. The first kappa shape index (κ1) is 21.2. The molecular weight excluding hydrogens is 336 g/mol. The molecule has 0 aliphatic carbocycles. The zero-order valence-electron chi connectivity index (χ0n) is 17.2. The first-order chi connectivity index (χ1) is 13.7. The van der Waals surface area contributed by atoms with E-state index in [0.29, 0.717) is 0 Å². The molecule has 0 atom stereocenters. The second kappa shape index (κ2) is 12.3. The van der Waals surface area contributed by atoms with Gasteiger partial charge in [0, 0.05) is 0 Å². The fourth-order valence-corrected chi connectivity index (χ4v) is 2.63. The zero-order valence-corrected chi connectivity index (χ0v) is 17.2. The molecule has 0 heteroatoms. The minimum atomic E-state index is 1.11. The normalized spacial score (nSPS) is 9.39. The number of hydrogen-bond acceptors (Lipinski definition) is 0. The van der Waals surface area contributed by atoms with E-state index < -0.39 is 0 Å². The van der Waals surface area contributed by atoms with Crippen LogP contribution in [0.5, 0.6) is 0 Å². The predicted octanol–water partition coefficient (Wildman–Crippen LogP) is 7.91. The van der Waals surface area contributed by atoms with E-state index >= 15 is 0 Å². The Balaban J connectivity index is 0.000000168. The van der Waals surface area contributed by atoms with Gasteiger partial charge in [0.15, 0.2) is 0 Å². The summed E-state index contributed by atoms with van der Waals surface area (Å²) in [6, 6.07) is 39.8. The van der Waals surface area contributed by atoms with Gasteiger partial charge in [-0.05, 0) is 37.0 Å². The molecule has 4 aromatic rings. The topological polar surface area (TPSA) is 0 Å². The molecule has 0 fully saturated rings. The van der Waals surface area contributed by atoms with Crippen LogP contribution < -0.4 is 0 Å². The molecule has 0 amide bonds. The van der Waals surface area contributed by atoms with Crippen molar-refractivity contribution >= 4 is 0 Å². The molecule has 142 valence electrons. The lowest BCUT2D eigenvalue weighted by Gasteiger charge is -2.02. The van der Waals surface area contributed by atoms with E-state index in [0.717, 1.165) is 6.42 Å². The number of benzene rings is 4. The Morgan fingerprint density at radius 2 is 0.786 bits per heavy atom. The van der Waals surface area contributed by atoms with Crippen LogP contribution in [0.4, 0.5) is 0 Å².